The van der Waals surface area contributed by atoms with Crippen LogP contribution in [0.2, 0.25) is 0 Å². The van der Waals surface area contributed by atoms with Crippen LogP contribution in [-0.4, -0.2) is 15.5 Å². The summed E-state index contributed by atoms with van der Waals surface area (Å²) < 4.78 is 2.32. The van der Waals surface area contributed by atoms with E-state index in [-0.39, 0.29) is 18.4 Å². The zero-order chi connectivity index (χ0) is 17.9. The third kappa shape index (κ3) is 3.48. The van der Waals surface area contributed by atoms with Crippen molar-refractivity contribution in [2.24, 2.45) is 5.73 Å². The Morgan fingerprint density at radius 3 is 2.85 bits per heavy atom. The molecule has 0 aliphatic carbocycles. The first kappa shape index (κ1) is 16.8. The van der Waals surface area contributed by atoms with Gasteiger partial charge in [0.05, 0.1) is 11.0 Å². The van der Waals surface area contributed by atoms with E-state index in [9.17, 15) is 4.79 Å². The van der Waals surface area contributed by atoms with Crippen molar-refractivity contribution in [1.29, 1.82) is 0 Å². The number of hydrogen-bond donors (Lipinski definition) is 2. The van der Waals surface area contributed by atoms with Crippen molar-refractivity contribution < 1.29 is 4.79 Å². The van der Waals surface area contributed by atoms with E-state index < -0.39 is 0 Å². The van der Waals surface area contributed by atoms with Crippen molar-refractivity contribution in [2.75, 3.05) is 5.32 Å². The van der Waals surface area contributed by atoms with E-state index >= 15 is 0 Å². The van der Waals surface area contributed by atoms with Gasteiger partial charge in [0.2, 0.25) is 5.91 Å². The maximum atomic E-state index is 12.4. The SMILES string of the molecule is NC(CC(=O)Nc1ccc2c(c1)nc1n2CCCCC1)c1ccccc1. The molecular weight excluding hydrogens is 324 g/mol. The molecule has 3 N–H and O–H groups in total. The monoisotopic (exact) mass is 348 g/mol. The van der Waals surface area contributed by atoms with Gasteiger partial charge in [-0.1, -0.05) is 36.8 Å². The Balaban J connectivity index is 1.48. The van der Waals surface area contributed by atoms with Crippen molar-refractivity contribution in [3.8, 4) is 0 Å². The summed E-state index contributed by atoms with van der Waals surface area (Å²) in [6.07, 6.45) is 4.95. The normalized spacial score (nSPS) is 15.3. The van der Waals surface area contributed by atoms with E-state index in [0.717, 1.165) is 41.1 Å². The molecule has 1 unspecified atom stereocenters. The fourth-order valence-corrected chi connectivity index (χ4v) is 3.66. The zero-order valence-corrected chi connectivity index (χ0v) is 14.8. The van der Waals surface area contributed by atoms with Gasteiger partial charge in [-0.3, -0.25) is 4.79 Å². The Bertz CT molecular complexity index is 916. The summed E-state index contributed by atoms with van der Waals surface area (Å²) in [5, 5.41) is 2.96. The number of aromatic nitrogens is 2. The fourth-order valence-electron chi connectivity index (χ4n) is 3.66. The second-order valence-electron chi connectivity index (χ2n) is 6.96. The molecule has 0 radical (unpaired) electrons. The van der Waals surface area contributed by atoms with E-state index in [0.29, 0.717) is 0 Å². The van der Waals surface area contributed by atoms with E-state index in [1.54, 1.807) is 0 Å². The van der Waals surface area contributed by atoms with E-state index in [2.05, 4.69) is 16.0 Å². The van der Waals surface area contributed by atoms with Crippen LogP contribution in [0.3, 0.4) is 0 Å². The van der Waals surface area contributed by atoms with Gasteiger partial charge in [0.15, 0.2) is 0 Å². The van der Waals surface area contributed by atoms with Crippen LogP contribution in [0.15, 0.2) is 48.5 Å². The summed E-state index contributed by atoms with van der Waals surface area (Å²) >= 11 is 0. The number of fused-ring (bicyclic) bond motifs is 3. The molecule has 26 heavy (non-hydrogen) atoms. The molecule has 2 heterocycles. The topological polar surface area (TPSA) is 72.9 Å². The van der Waals surface area contributed by atoms with Gasteiger partial charge in [-0.2, -0.15) is 0 Å². The summed E-state index contributed by atoms with van der Waals surface area (Å²) in [5.41, 5.74) is 9.99. The van der Waals surface area contributed by atoms with Crippen LogP contribution >= 0.6 is 0 Å². The highest BCUT2D eigenvalue weighted by Gasteiger charge is 2.15. The average molecular weight is 348 g/mol. The van der Waals surface area contributed by atoms with Crippen molar-refractivity contribution >= 4 is 22.6 Å². The van der Waals surface area contributed by atoms with Crippen molar-refractivity contribution in [2.45, 2.75) is 44.7 Å². The second kappa shape index (κ2) is 7.30. The molecule has 5 nitrogen and oxygen atoms in total. The van der Waals surface area contributed by atoms with Crippen molar-refractivity contribution in [1.82, 2.24) is 9.55 Å². The molecule has 0 fully saturated rings. The first-order valence-corrected chi connectivity index (χ1v) is 9.30. The lowest BCUT2D eigenvalue weighted by atomic mass is 10.0. The number of aryl methyl sites for hydroxylation is 2. The lowest BCUT2D eigenvalue weighted by Crippen LogP contribution is -2.20. The van der Waals surface area contributed by atoms with Gasteiger partial charge >= 0.3 is 0 Å². The standard InChI is InChI=1S/C21H24N4O/c22-17(15-7-3-1-4-8-15)14-21(26)23-16-10-11-19-18(13-16)24-20-9-5-2-6-12-25(19)20/h1,3-4,7-8,10-11,13,17H,2,5-6,9,12,14,22H2,(H,23,26). The predicted octanol–water partition coefficient (Wildman–Crippen LogP) is 3.79. The van der Waals surface area contributed by atoms with Crippen molar-refractivity contribution in [3.05, 3.63) is 59.9 Å². The molecule has 0 saturated carbocycles. The molecule has 1 aliphatic rings. The molecule has 0 saturated heterocycles. The highest BCUT2D eigenvalue weighted by Crippen LogP contribution is 2.25. The largest absolute Gasteiger partial charge is 0.328 e. The van der Waals surface area contributed by atoms with Crippen LogP contribution in [0.5, 0.6) is 0 Å². The molecule has 0 spiro atoms. The van der Waals surface area contributed by atoms with Gasteiger partial charge in [0.25, 0.3) is 0 Å². The maximum Gasteiger partial charge on any atom is 0.226 e. The number of nitrogens with two attached hydrogens (primary N) is 1. The number of carbonyl (C=O) groups is 1. The van der Waals surface area contributed by atoms with Crippen LogP contribution in [0.4, 0.5) is 5.69 Å². The lowest BCUT2D eigenvalue weighted by molar-refractivity contribution is -0.116. The van der Waals surface area contributed by atoms with Crippen LogP contribution in [0.25, 0.3) is 11.0 Å². The Hall–Kier alpha value is -2.66. The summed E-state index contributed by atoms with van der Waals surface area (Å²) in [6.45, 7) is 1.03. The number of rotatable bonds is 4. The highest BCUT2D eigenvalue weighted by atomic mass is 16.1. The number of benzene rings is 2. The van der Waals surface area contributed by atoms with Crippen LogP contribution in [-0.2, 0) is 17.8 Å². The number of hydrogen-bond acceptors (Lipinski definition) is 3. The number of anilines is 1. The molecule has 0 bridgehead atoms. The molecule has 1 amide bonds. The summed E-state index contributed by atoms with van der Waals surface area (Å²) in [7, 11) is 0. The van der Waals surface area contributed by atoms with Gasteiger partial charge in [-0.25, -0.2) is 4.98 Å². The molecule has 1 aromatic heterocycles. The number of nitrogens with one attached hydrogen (secondary N) is 1. The van der Waals surface area contributed by atoms with Crippen LogP contribution < -0.4 is 11.1 Å². The molecule has 1 aliphatic heterocycles. The van der Waals surface area contributed by atoms with Gasteiger partial charge in [-0.05, 0) is 36.6 Å². The van der Waals surface area contributed by atoms with Gasteiger partial charge in [0, 0.05) is 31.1 Å². The van der Waals surface area contributed by atoms with Gasteiger partial charge in [-0.15, -0.1) is 0 Å². The molecule has 134 valence electrons. The number of amides is 1. The number of carbonyl (C=O) groups excluding carboxylic acids is 1. The quantitative estimate of drug-likeness (QED) is 0.753. The van der Waals surface area contributed by atoms with Crippen molar-refractivity contribution in [3.63, 3.8) is 0 Å². The molecule has 3 aromatic rings. The smallest absolute Gasteiger partial charge is 0.226 e. The second-order valence-corrected chi connectivity index (χ2v) is 6.96. The van der Waals surface area contributed by atoms with Crippen LogP contribution in [0, 0.1) is 0 Å². The summed E-state index contributed by atoms with van der Waals surface area (Å²) in [6, 6.07) is 15.4. The predicted molar refractivity (Wildman–Crippen MR) is 104 cm³/mol. The third-order valence-corrected chi connectivity index (χ3v) is 5.03. The molecule has 1 atom stereocenters. The Morgan fingerprint density at radius 1 is 1.15 bits per heavy atom. The van der Waals surface area contributed by atoms with Crippen LogP contribution in [0.1, 0.15) is 43.1 Å². The average Bonchev–Trinajstić information content (AvgIpc) is 2.82. The number of nitrogens with zero attached hydrogens (tertiary/aromatic N) is 2. The maximum absolute atomic E-state index is 12.4. The summed E-state index contributed by atoms with van der Waals surface area (Å²) in [4.78, 5) is 17.1. The minimum atomic E-state index is -0.302. The Labute approximate surface area is 153 Å². The first-order chi connectivity index (χ1) is 12.7. The molecular formula is C21H24N4O. The molecule has 2 aromatic carbocycles. The van der Waals surface area contributed by atoms with E-state index in [1.807, 2.05) is 42.5 Å². The fraction of sp³-hybridized carbons (Fsp3) is 0.333. The highest BCUT2D eigenvalue weighted by molar-refractivity contribution is 5.93. The van der Waals surface area contributed by atoms with Gasteiger partial charge < -0.3 is 15.6 Å². The number of imidazole rings is 1. The minimum absolute atomic E-state index is 0.0820. The zero-order valence-electron chi connectivity index (χ0n) is 14.8. The lowest BCUT2D eigenvalue weighted by Gasteiger charge is -2.12. The van der Waals surface area contributed by atoms with Gasteiger partial charge in [0.1, 0.15) is 5.82 Å². The van der Waals surface area contributed by atoms with E-state index in [1.165, 1.54) is 19.3 Å². The Morgan fingerprint density at radius 2 is 2.00 bits per heavy atom. The van der Waals surface area contributed by atoms with E-state index in [4.69, 9.17) is 10.7 Å². The minimum Gasteiger partial charge on any atom is -0.328 e. The first-order valence-electron chi connectivity index (χ1n) is 9.30. The third-order valence-electron chi connectivity index (χ3n) is 5.03. The Kier molecular flexibility index (Phi) is 4.71. The molecule has 5 heteroatoms. The molecule has 4 rings (SSSR count). The summed E-state index contributed by atoms with van der Waals surface area (Å²) in [5.74, 6) is 1.08.